The number of carbonyl (C=O) groups excluding carboxylic acids is 1. The third-order valence-electron chi connectivity index (χ3n) is 5.18. The van der Waals surface area contributed by atoms with Crippen LogP contribution in [0.1, 0.15) is 55.5 Å². The summed E-state index contributed by atoms with van der Waals surface area (Å²) in [7, 11) is 1.84. The Hall–Kier alpha value is -2.49. The molecule has 2 aromatic rings. The van der Waals surface area contributed by atoms with Gasteiger partial charge in [0.1, 0.15) is 11.4 Å². The van der Waals surface area contributed by atoms with E-state index in [1.54, 1.807) is 4.90 Å². The Morgan fingerprint density at radius 3 is 2.58 bits per heavy atom. The van der Waals surface area contributed by atoms with Crippen LogP contribution in [0.4, 0.5) is 5.69 Å². The van der Waals surface area contributed by atoms with Crippen molar-refractivity contribution in [2.75, 3.05) is 19.0 Å². The number of benzene rings is 2. The first-order valence-electron chi connectivity index (χ1n) is 9.45. The zero-order valence-corrected chi connectivity index (χ0v) is 15.9. The Kier molecular flexibility index (Phi) is 5.50. The number of carbonyl (C=O) groups is 1. The molecule has 26 heavy (non-hydrogen) atoms. The zero-order valence-electron chi connectivity index (χ0n) is 15.9. The monoisotopic (exact) mass is 352 g/mol. The van der Waals surface area contributed by atoms with E-state index in [4.69, 9.17) is 4.74 Å². The summed E-state index contributed by atoms with van der Waals surface area (Å²) in [6.45, 7) is 4.93. The normalized spacial score (nSPS) is 19.0. The van der Waals surface area contributed by atoms with Gasteiger partial charge in [-0.3, -0.25) is 4.79 Å². The van der Waals surface area contributed by atoms with E-state index < -0.39 is 5.66 Å². The van der Waals surface area contributed by atoms with Crippen molar-refractivity contribution >= 4 is 11.6 Å². The van der Waals surface area contributed by atoms with Crippen molar-refractivity contribution in [1.29, 1.82) is 0 Å². The van der Waals surface area contributed by atoms with E-state index in [9.17, 15) is 4.79 Å². The van der Waals surface area contributed by atoms with Gasteiger partial charge in [0, 0.05) is 18.3 Å². The van der Waals surface area contributed by atoms with E-state index in [0.29, 0.717) is 12.2 Å². The van der Waals surface area contributed by atoms with E-state index in [0.717, 1.165) is 23.4 Å². The summed E-state index contributed by atoms with van der Waals surface area (Å²) in [4.78, 5) is 14.7. The fourth-order valence-corrected chi connectivity index (χ4v) is 3.46. The van der Waals surface area contributed by atoms with Crippen LogP contribution in [-0.4, -0.2) is 24.5 Å². The van der Waals surface area contributed by atoms with Crippen molar-refractivity contribution in [1.82, 2.24) is 4.90 Å². The zero-order chi connectivity index (χ0) is 18.6. The molecule has 0 bridgehead atoms. The van der Waals surface area contributed by atoms with Gasteiger partial charge in [0.05, 0.1) is 12.2 Å². The molecule has 0 saturated heterocycles. The van der Waals surface area contributed by atoms with Crippen LogP contribution in [0.2, 0.25) is 0 Å². The minimum atomic E-state index is -0.661. The average Bonchev–Trinajstić information content (AvgIpc) is 2.66. The van der Waals surface area contributed by atoms with Crippen molar-refractivity contribution < 1.29 is 9.53 Å². The van der Waals surface area contributed by atoms with Crippen LogP contribution >= 0.6 is 0 Å². The first kappa shape index (κ1) is 18.3. The molecule has 1 aliphatic rings. The third kappa shape index (κ3) is 3.41. The van der Waals surface area contributed by atoms with Gasteiger partial charge in [0.25, 0.3) is 5.91 Å². The quantitative estimate of drug-likeness (QED) is 0.712. The number of fused-ring (bicyclic) bond motifs is 1. The standard InChI is InChI=1S/C22H28N2O2/c1-4-5-6-11-16-26-20-15-10-8-13-18(20)22(2)23-19-14-9-7-12-17(19)21(25)24(22)3/h7-10,12-15,23H,4-6,11,16H2,1-3H3. The summed E-state index contributed by atoms with van der Waals surface area (Å²) in [6, 6.07) is 15.6. The number of anilines is 1. The summed E-state index contributed by atoms with van der Waals surface area (Å²) in [6.07, 6.45) is 4.67. The fourth-order valence-electron chi connectivity index (χ4n) is 3.46. The largest absolute Gasteiger partial charge is 0.493 e. The van der Waals surface area contributed by atoms with Crippen LogP contribution in [0, 0.1) is 0 Å². The number of unbranched alkanes of at least 4 members (excludes halogenated alkanes) is 3. The lowest BCUT2D eigenvalue weighted by atomic mass is 9.93. The van der Waals surface area contributed by atoms with Gasteiger partial charge < -0.3 is 15.0 Å². The second-order valence-corrected chi connectivity index (χ2v) is 7.01. The van der Waals surface area contributed by atoms with Crippen LogP contribution in [0.15, 0.2) is 48.5 Å². The number of amides is 1. The third-order valence-corrected chi connectivity index (χ3v) is 5.18. The Morgan fingerprint density at radius 1 is 1.04 bits per heavy atom. The topological polar surface area (TPSA) is 41.6 Å². The molecular weight excluding hydrogens is 324 g/mol. The predicted molar refractivity (Wildman–Crippen MR) is 106 cm³/mol. The van der Waals surface area contributed by atoms with Crippen molar-refractivity contribution in [3.05, 3.63) is 59.7 Å². The number of para-hydroxylation sites is 2. The number of hydrogen-bond acceptors (Lipinski definition) is 3. The molecule has 0 saturated carbocycles. The summed E-state index contributed by atoms with van der Waals surface area (Å²) < 4.78 is 6.10. The SMILES string of the molecule is CCCCCCOc1ccccc1C1(C)Nc2ccccc2C(=O)N1C. The summed E-state index contributed by atoms with van der Waals surface area (Å²) in [5, 5.41) is 3.55. The van der Waals surface area contributed by atoms with E-state index >= 15 is 0 Å². The van der Waals surface area contributed by atoms with Gasteiger partial charge in [-0.1, -0.05) is 56.5 Å². The minimum absolute atomic E-state index is 0.0135. The number of ether oxygens (including phenoxy) is 1. The first-order valence-corrected chi connectivity index (χ1v) is 9.45. The van der Waals surface area contributed by atoms with Crippen molar-refractivity contribution in [3.63, 3.8) is 0 Å². The molecule has 0 fully saturated rings. The molecule has 1 amide bonds. The molecule has 0 radical (unpaired) electrons. The fraction of sp³-hybridized carbons (Fsp3) is 0.409. The molecule has 2 aromatic carbocycles. The lowest BCUT2D eigenvalue weighted by molar-refractivity contribution is 0.0610. The van der Waals surface area contributed by atoms with Gasteiger partial charge in [-0.15, -0.1) is 0 Å². The molecular formula is C22H28N2O2. The number of rotatable bonds is 7. The second kappa shape index (κ2) is 7.81. The highest BCUT2D eigenvalue weighted by Gasteiger charge is 2.41. The second-order valence-electron chi connectivity index (χ2n) is 7.01. The Bertz CT molecular complexity index is 774. The van der Waals surface area contributed by atoms with Gasteiger partial charge in [0.2, 0.25) is 0 Å². The number of hydrogen-bond donors (Lipinski definition) is 1. The summed E-state index contributed by atoms with van der Waals surface area (Å²) in [5.41, 5.74) is 1.87. The van der Waals surface area contributed by atoms with Gasteiger partial charge >= 0.3 is 0 Å². The highest BCUT2D eigenvalue weighted by Crippen LogP contribution is 2.40. The average molecular weight is 352 g/mol. The van der Waals surface area contributed by atoms with Crippen LogP contribution in [0.25, 0.3) is 0 Å². The van der Waals surface area contributed by atoms with Gasteiger partial charge in [-0.25, -0.2) is 0 Å². The Labute approximate surface area is 156 Å². The molecule has 0 aromatic heterocycles. The first-order chi connectivity index (χ1) is 12.6. The van der Waals surface area contributed by atoms with Crippen molar-refractivity contribution in [3.8, 4) is 5.75 Å². The Morgan fingerprint density at radius 2 is 1.77 bits per heavy atom. The van der Waals surface area contributed by atoms with Crippen LogP contribution in [0.5, 0.6) is 5.75 Å². The highest BCUT2D eigenvalue weighted by molar-refractivity contribution is 6.02. The molecule has 4 nitrogen and oxygen atoms in total. The Balaban J connectivity index is 1.87. The van der Waals surface area contributed by atoms with E-state index in [-0.39, 0.29) is 5.91 Å². The molecule has 1 unspecified atom stereocenters. The molecule has 0 spiro atoms. The maximum absolute atomic E-state index is 12.9. The van der Waals surface area contributed by atoms with Gasteiger partial charge in [-0.2, -0.15) is 0 Å². The van der Waals surface area contributed by atoms with Gasteiger partial charge in [0.15, 0.2) is 0 Å². The molecule has 1 atom stereocenters. The van der Waals surface area contributed by atoms with E-state index in [1.165, 1.54) is 19.3 Å². The summed E-state index contributed by atoms with van der Waals surface area (Å²) in [5.74, 6) is 0.845. The lowest BCUT2D eigenvalue weighted by Gasteiger charge is -2.45. The van der Waals surface area contributed by atoms with Crippen LogP contribution in [0.3, 0.4) is 0 Å². The molecule has 1 aliphatic heterocycles. The molecule has 0 aliphatic carbocycles. The molecule has 1 heterocycles. The molecule has 138 valence electrons. The van der Waals surface area contributed by atoms with E-state index in [2.05, 4.69) is 12.2 Å². The highest BCUT2D eigenvalue weighted by atomic mass is 16.5. The molecule has 4 heteroatoms. The predicted octanol–water partition coefficient (Wildman–Crippen LogP) is 5.02. The van der Waals surface area contributed by atoms with Crippen molar-refractivity contribution in [2.45, 2.75) is 45.2 Å². The van der Waals surface area contributed by atoms with Crippen molar-refractivity contribution in [2.24, 2.45) is 0 Å². The maximum atomic E-state index is 12.9. The number of nitrogens with one attached hydrogen (secondary N) is 1. The minimum Gasteiger partial charge on any atom is -0.493 e. The van der Waals surface area contributed by atoms with Crippen LogP contribution in [-0.2, 0) is 5.66 Å². The lowest BCUT2D eigenvalue weighted by Crippen LogP contribution is -2.53. The summed E-state index contributed by atoms with van der Waals surface area (Å²) >= 11 is 0. The molecule has 3 rings (SSSR count). The van der Waals surface area contributed by atoms with E-state index in [1.807, 2.05) is 62.5 Å². The van der Waals surface area contributed by atoms with Crippen LogP contribution < -0.4 is 10.1 Å². The molecule has 1 N–H and O–H groups in total. The number of nitrogens with zero attached hydrogens (tertiary/aromatic N) is 1. The smallest absolute Gasteiger partial charge is 0.257 e. The van der Waals surface area contributed by atoms with Gasteiger partial charge in [-0.05, 0) is 31.5 Å². The maximum Gasteiger partial charge on any atom is 0.257 e.